The quantitative estimate of drug-likeness (QED) is 0.731. The number of thiol groups is 1. The number of amides is 1. The maximum Gasteiger partial charge on any atom is 0.278 e. The number of hydrogen-bond donors (Lipinski definition) is 1. The fourth-order valence-electron chi connectivity index (χ4n) is 2.69. The van der Waals surface area contributed by atoms with E-state index in [9.17, 15) is 4.79 Å². The molecule has 88 valence electrons. The molecule has 1 rings (SSSR count). The van der Waals surface area contributed by atoms with Crippen LogP contribution in [0.5, 0.6) is 0 Å². The van der Waals surface area contributed by atoms with E-state index in [0.717, 1.165) is 13.0 Å². The topological polar surface area (TPSA) is 20.3 Å². The number of nitrogens with zero attached hydrogens (tertiary/aromatic N) is 1. The molecule has 1 fully saturated rings. The lowest BCUT2D eigenvalue weighted by molar-refractivity contribution is 0.164. The Labute approximate surface area is 98.8 Å². The summed E-state index contributed by atoms with van der Waals surface area (Å²) in [5.74, 6) is 0.652. The lowest BCUT2D eigenvalue weighted by Crippen LogP contribution is -2.41. The Morgan fingerprint density at radius 2 is 2.00 bits per heavy atom. The van der Waals surface area contributed by atoms with Gasteiger partial charge in [0, 0.05) is 12.6 Å². The molecular weight excluding hydrogens is 206 g/mol. The molecule has 1 atom stereocenters. The summed E-state index contributed by atoms with van der Waals surface area (Å²) < 4.78 is 0. The zero-order valence-electron chi connectivity index (χ0n) is 9.91. The van der Waals surface area contributed by atoms with Crippen LogP contribution in [0.1, 0.15) is 52.4 Å². The van der Waals surface area contributed by atoms with Gasteiger partial charge in [0.15, 0.2) is 0 Å². The fourth-order valence-corrected chi connectivity index (χ4v) is 2.94. The lowest BCUT2D eigenvalue weighted by atomic mass is 9.90. The normalized spacial score (nSPS) is 22.9. The summed E-state index contributed by atoms with van der Waals surface area (Å²) in [6.45, 7) is 5.35. The molecule has 0 aromatic carbocycles. The zero-order chi connectivity index (χ0) is 11.3. The van der Waals surface area contributed by atoms with Crippen LogP contribution in [0, 0.1) is 5.92 Å². The molecule has 0 spiro atoms. The van der Waals surface area contributed by atoms with Crippen LogP contribution in [-0.2, 0) is 0 Å². The third-order valence-corrected chi connectivity index (χ3v) is 3.89. The summed E-state index contributed by atoms with van der Waals surface area (Å²) in [5.41, 5.74) is 0. The van der Waals surface area contributed by atoms with Crippen molar-refractivity contribution in [3.05, 3.63) is 0 Å². The third kappa shape index (κ3) is 3.40. The van der Waals surface area contributed by atoms with Gasteiger partial charge in [-0.2, -0.15) is 0 Å². The van der Waals surface area contributed by atoms with E-state index in [1.807, 2.05) is 4.90 Å². The third-order valence-electron chi connectivity index (χ3n) is 3.64. The highest BCUT2D eigenvalue weighted by atomic mass is 32.1. The number of carbonyl (C=O) groups excluding carboxylic acids is 1. The molecule has 1 aliphatic rings. The number of rotatable bonds is 3. The van der Waals surface area contributed by atoms with Gasteiger partial charge in [-0.25, -0.2) is 0 Å². The second kappa shape index (κ2) is 6.41. The summed E-state index contributed by atoms with van der Waals surface area (Å²) in [7, 11) is 0. The highest BCUT2D eigenvalue weighted by Gasteiger charge is 2.28. The first-order valence-electron chi connectivity index (χ1n) is 6.20. The Morgan fingerprint density at radius 1 is 1.33 bits per heavy atom. The first-order chi connectivity index (χ1) is 7.20. The smallest absolute Gasteiger partial charge is 0.278 e. The Kier molecular flexibility index (Phi) is 5.51. The second-order valence-corrected chi connectivity index (χ2v) is 4.85. The van der Waals surface area contributed by atoms with Gasteiger partial charge in [0.2, 0.25) is 0 Å². The van der Waals surface area contributed by atoms with Crippen LogP contribution in [0.4, 0.5) is 4.79 Å². The van der Waals surface area contributed by atoms with E-state index in [1.54, 1.807) is 0 Å². The number of likely N-dealkylation sites (tertiary alicyclic amines) is 1. The van der Waals surface area contributed by atoms with E-state index in [0.29, 0.717) is 12.0 Å². The molecule has 0 aromatic heterocycles. The van der Waals surface area contributed by atoms with Crippen molar-refractivity contribution in [3.63, 3.8) is 0 Å². The van der Waals surface area contributed by atoms with E-state index < -0.39 is 0 Å². The van der Waals surface area contributed by atoms with Gasteiger partial charge in [-0.1, -0.05) is 52.2 Å². The van der Waals surface area contributed by atoms with Gasteiger partial charge in [0.25, 0.3) is 5.24 Å². The molecule has 0 aliphatic carbocycles. The van der Waals surface area contributed by atoms with Gasteiger partial charge < -0.3 is 4.90 Å². The Balaban J connectivity index is 2.73. The second-order valence-electron chi connectivity index (χ2n) is 4.47. The summed E-state index contributed by atoms with van der Waals surface area (Å²) in [4.78, 5) is 13.5. The van der Waals surface area contributed by atoms with E-state index in [-0.39, 0.29) is 5.24 Å². The standard InChI is InChI=1S/C12H23NOS/c1-3-10(4-2)11-8-6-5-7-9-13(11)12(14)15/h10-11H,3-9H2,1-2H3,(H,14,15)/t11-/m0/s1. The maximum absolute atomic E-state index is 11.5. The predicted molar refractivity (Wildman–Crippen MR) is 67.4 cm³/mol. The number of carbonyl (C=O) groups is 1. The number of hydrogen-bond acceptors (Lipinski definition) is 1. The van der Waals surface area contributed by atoms with Crippen molar-refractivity contribution in [3.8, 4) is 0 Å². The van der Waals surface area contributed by atoms with Crippen LogP contribution in [0.2, 0.25) is 0 Å². The highest BCUT2D eigenvalue weighted by Crippen LogP contribution is 2.27. The Morgan fingerprint density at radius 3 is 2.53 bits per heavy atom. The van der Waals surface area contributed by atoms with Gasteiger partial charge in [0.05, 0.1) is 0 Å². The van der Waals surface area contributed by atoms with Crippen molar-refractivity contribution >= 4 is 17.9 Å². The van der Waals surface area contributed by atoms with E-state index in [2.05, 4.69) is 26.5 Å². The molecule has 0 N–H and O–H groups in total. The van der Waals surface area contributed by atoms with E-state index >= 15 is 0 Å². The molecule has 0 radical (unpaired) electrons. The van der Waals surface area contributed by atoms with E-state index in [1.165, 1.54) is 32.1 Å². The molecule has 2 nitrogen and oxygen atoms in total. The Bertz CT molecular complexity index is 204. The van der Waals surface area contributed by atoms with Gasteiger partial charge in [-0.15, -0.1) is 0 Å². The maximum atomic E-state index is 11.5. The predicted octanol–water partition coefficient (Wildman–Crippen LogP) is 3.72. The molecule has 1 aliphatic heterocycles. The summed E-state index contributed by atoms with van der Waals surface area (Å²) >= 11 is 4.01. The van der Waals surface area contributed by atoms with Crippen LogP contribution in [-0.4, -0.2) is 22.7 Å². The van der Waals surface area contributed by atoms with Crippen LogP contribution < -0.4 is 0 Å². The van der Waals surface area contributed by atoms with Crippen molar-refractivity contribution in [2.24, 2.45) is 5.92 Å². The summed E-state index contributed by atoms with van der Waals surface area (Å²) in [6, 6.07) is 0.437. The minimum Gasteiger partial charge on any atom is -0.331 e. The van der Waals surface area contributed by atoms with Crippen molar-refractivity contribution in [1.82, 2.24) is 4.90 Å². The summed E-state index contributed by atoms with van der Waals surface area (Å²) in [5, 5.41) is -0.0335. The molecule has 1 amide bonds. The molecule has 0 unspecified atom stereocenters. The van der Waals surface area contributed by atoms with Gasteiger partial charge in [-0.3, -0.25) is 4.79 Å². The van der Waals surface area contributed by atoms with Crippen LogP contribution >= 0.6 is 12.6 Å². The molecule has 15 heavy (non-hydrogen) atoms. The minimum atomic E-state index is -0.0335. The summed E-state index contributed by atoms with van der Waals surface area (Å²) in [6.07, 6.45) is 7.16. The van der Waals surface area contributed by atoms with Crippen molar-refractivity contribution in [2.45, 2.75) is 58.4 Å². The molecule has 1 saturated heterocycles. The van der Waals surface area contributed by atoms with Gasteiger partial charge in [0.1, 0.15) is 0 Å². The molecule has 1 heterocycles. The molecule has 0 aromatic rings. The van der Waals surface area contributed by atoms with Crippen LogP contribution in [0.15, 0.2) is 0 Å². The van der Waals surface area contributed by atoms with Crippen molar-refractivity contribution < 1.29 is 4.79 Å². The monoisotopic (exact) mass is 229 g/mol. The average molecular weight is 229 g/mol. The van der Waals surface area contributed by atoms with Crippen molar-refractivity contribution in [1.29, 1.82) is 0 Å². The lowest BCUT2D eigenvalue weighted by Gasteiger charge is -2.34. The molecule has 3 heteroatoms. The fraction of sp³-hybridized carbons (Fsp3) is 0.917. The Hall–Kier alpha value is -0.180. The zero-order valence-corrected chi connectivity index (χ0v) is 10.8. The first kappa shape index (κ1) is 12.9. The van der Waals surface area contributed by atoms with Crippen LogP contribution in [0.3, 0.4) is 0 Å². The molecular formula is C12H23NOS. The van der Waals surface area contributed by atoms with Crippen molar-refractivity contribution in [2.75, 3.05) is 6.54 Å². The first-order valence-corrected chi connectivity index (χ1v) is 6.65. The average Bonchev–Trinajstić information content (AvgIpc) is 2.45. The molecule has 0 saturated carbocycles. The highest BCUT2D eigenvalue weighted by molar-refractivity contribution is 7.96. The molecule has 0 bridgehead atoms. The van der Waals surface area contributed by atoms with Gasteiger partial charge >= 0.3 is 0 Å². The van der Waals surface area contributed by atoms with Gasteiger partial charge in [-0.05, 0) is 18.8 Å². The van der Waals surface area contributed by atoms with Crippen LogP contribution in [0.25, 0.3) is 0 Å². The SMILES string of the molecule is CCC(CC)[C@@H]1CCCCCN1C(=O)S. The largest absolute Gasteiger partial charge is 0.331 e. The minimum absolute atomic E-state index is 0.0335. The van der Waals surface area contributed by atoms with E-state index in [4.69, 9.17) is 0 Å².